The van der Waals surface area contributed by atoms with Gasteiger partial charge < -0.3 is 0 Å². The van der Waals surface area contributed by atoms with Crippen LogP contribution in [0.25, 0.3) is 0 Å². The minimum absolute atomic E-state index is 0. The van der Waals surface area contributed by atoms with E-state index in [1.54, 1.807) is 0 Å². The molecule has 0 N–H and O–H groups in total. The average molecular weight is 223 g/mol. The van der Waals surface area contributed by atoms with Gasteiger partial charge in [0.1, 0.15) is 6.29 Å². The Hall–Kier alpha value is -0.560. The van der Waals surface area contributed by atoms with E-state index in [4.69, 9.17) is 0 Å². The van der Waals surface area contributed by atoms with Crippen molar-refractivity contribution in [3.63, 3.8) is 0 Å². The molecule has 0 aromatic rings. The Kier molecular flexibility index (Phi) is 5.27. The van der Waals surface area contributed by atoms with Crippen molar-refractivity contribution in [1.82, 2.24) is 14.7 Å². The zero-order chi connectivity index (χ0) is 10.7. The molecule has 2 rings (SSSR count). The van der Waals surface area contributed by atoms with Gasteiger partial charge in [0.15, 0.2) is 0 Å². The van der Waals surface area contributed by atoms with E-state index in [2.05, 4.69) is 40.5 Å². The number of likely N-dealkylation sites (N-methyl/N-ethyl adjacent to an activating group) is 1. The summed E-state index contributed by atoms with van der Waals surface area (Å²) in [6.07, 6.45) is 2.55. The van der Waals surface area contributed by atoms with Gasteiger partial charge >= 0.3 is 0 Å². The first kappa shape index (κ1) is 13.5. The Morgan fingerprint density at radius 3 is 2.44 bits per heavy atom. The van der Waals surface area contributed by atoms with Gasteiger partial charge in [0, 0.05) is 39.0 Å². The third kappa shape index (κ3) is 2.76. The summed E-state index contributed by atoms with van der Waals surface area (Å²) >= 11 is 0. The lowest BCUT2D eigenvalue weighted by atomic mass is 10.3. The average Bonchev–Trinajstić information content (AvgIpc) is 2.66. The molecule has 0 aromatic heterocycles. The third-order valence-corrected chi connectivity index (χ3v) is 3.37. The quantitative estimate of drug-likeness (QED) is 0.620. The van der Waals surface area contributed by atoms with Crippen LogP contribution in [0.2, 0.25) is 0 Å². The molecule has 1 saturated heterocycles. The van der Waals surface area contributed by atoms with Crippen LogP contribution in [0, 0.1) is 11.8 Å². The molecule has 2 aliphatic heterocycles. The standard InChI is InChI=1S/C12H21N3.CH4/c1-3-14-10-11-15-9-7-5-4-6-8-13(2)12(14)15;/h12H,3,6-11H2,1-2H3;1H4. The van der Waals surface area contributed by atoms with Gasteiger partial charge in [-0.3, -0.25) is 14.7 Å². The van der Waals surface area contributed by atoms with E-state index in [9.17, 15) is 0 Å². The van der Waals surface area contributed by atoms with E-state index >= 15 is 0 Å². The van der Waals surface area contributed by atoms with Gasteiger partial charge in [-0.1, -0.05) is 14.4 Å². The van der Waals surface area contributed by atoms with Crippen molar-refractivity contribution in [3.8, 4) is 11.8 Å². The van der Waals surface area contributed by atoms with Gasteiger partial charge in [0.05, 0.1) is 0 Å². The Balaban J connectivity index is 0.00000128. The van der Waals surface area contributed by atoms with Gasteiger partial charge in [-0.15, -0.1) is 11.8 Å². The van der Waals surface area contributed by atoms with Crippen molar-refractivity contribution in [2.45, 2.75) is 33.5 Å². The summed E-state index contributed by atoms with van der Waals surface area (Å²) in [6.45, 7) is 8.01. The summed E-state index contributed by atoms with van der Waals surface area (Å²) < 4.78 is 0. The minimum Gasteiger partial charge on any atom is -0.278 e. The molecule has 0 aromatic carbocycles. The van der Waals surface area contributed by atoms with Gasteiger partial charge in [-0.05, 0) is 13.6 Å². The second-order valence-corrected chi connectivity index (χ2v) is 4.35. The Labute approximate surface area is 100 Å². The second-order valence-electron chi connectivity index (χ2n) is 4.35. The smallest absolute Gasteiger partial charge is 0.119 e. The van der Waals surface area contributed by atoms with E-state index < -0.39 is 0 Å². The molecule has 16 heavy (non-hydrogen) atoms. The predicted octanol–water partition coefficient (Wildman–Crippen LogP) is 1.27. The van der Waals surface area contributed by atoms with Crippen LogP contribution in [0.15, 0.2) is 0 Å². The summed E-state index contributed by atoms with van der Waals surface area (Å²) in [5.41, 5.74) is 0. The van der Waals surface area contributed by atoms with Crippen LogP contribution in [0.1, 0.15) is 27.2 Å². The molecule has 0 aliphatic carbocycles. The van der Waals surface area contributed by atoms with Crippen molar-refractivity contribution in [2.75, 3.05) is 39.8 Å². The molecule has 2 heterocycles. The van der Waals surface area contributed by atoms with Crippen LogP contribution >= 0.6 is 0 Å². The van der Waals surface area contributed by atoms with Gasteiger partial charge in [-0.25, -0.2) is 0 Å². The van der Waals surface area contributed by atoms with Crippen molar-refractivity contribution in [3.05, 3.63) is 0 Å². The zero-order valence-electron chi connectivity index (χ0n) is 9.87. The highest BCUT2D eigenvalue weighted by Gasteiger charge is 2.33. The van der Waals surface area contributed by atoms with E-state index in [1.807, 2.05) is 0 Å². The van der Waals surface area contributed by atoms with Crippen molar-refractivity contribution in [1.29, 1.82) is 0 Å². The highest BCUT2D eigenvalue weighted by molar-refractivity contribution is 5.01. The highest BCUT2D eigenvalue weighted by Crippen LogP contribution is 2.18. The van der Waals surface area contributed by atoms with Crippen LogP contribution in [-0.4, -0.2) is 60.8 Å². The van der Waals surface area contributed by atoms with E-state index in [0.717, 1.165) is 32.5 Å². The van der Waals surface area contributed by atoms with Crippen LogP contribution < -0.4 is 0 Å². The second kappa shape index (κ2) is 6.24. The Morgan fingerprint density at radius 2 is 1.75 bits per heavy atom. The fourth-order valence-electron chi connectivity index (χ4n) is 2.55. The number of hydrogen-bond acceptors (Lipinski definition) is 3. The topological polar surface area (TPSA) is 9.72 Å². The molecule has 1 fully saturated rings. The van der Waals surface area contributed by atoms with Crippen LogP contribution in [0.4, 0.5) is 0 Å². The molecule has 0 bridgehead atoms. The fraction of sp³-hybridized carbons (Fsp3) is 0.846. The largest absolute Gasteiger partial charge is 0.278 e. The highest BCUT2D eigenvalue weighted by atomic mass is 15.5. The van der Waals surface area contributed by atoms with E-state index in [-0.39, 0.29) is 7.43 Å². The van der Waals surface area contributed by atoms with Crippen LogP contribution in [-0.2, 0) is 0 Å². The van der Waals surface area contributed by atoms with Crippen molar-refractivity contribution in [2.24, 2.45) is 0 Å². The van der Waals surface area contributed by atoms with E-state index in [0.29, 0.717) is 6.29 Å². The van der Waals surface area contributed by atoms with Crippen molar-refractivity contribution >= 4 is 0 Å². The maximum absolute atomic E-state index is 3.26. The third-order valence-electron chi connectivity index (χ3n) is 3.37. The van der Waals surface area contributed by atoms with Gasteiger partial charge in [0.25, 0.3) is 0 Å². The molecule has 0 amide bonds. The molecule has 92 valence electrons. The molecular weight excluding hydrogens is 198 g/mol. The lowest BCUT2D eigenvalue weighted by Gasteiger charge is -2.36. The number of rotatable bonds is 1. The summed E-state index contributed by atoms with van der Waals surface area (Å²) in [7, 11) is 2.22. The SMILES string of the molecule is C.CCN1CCN2CCC#CCCN(C)C12. The first-order valence-electron chi connectivity index (χ1n) is 5.97. The lowest BCUT2D eigenvalue weighted by molar-refractivity contribution is 0.00702. The number of nitrogens with zero attached hydrogens (tertiary/aromatic N) is 3. The van der Waals surface area contributed by atoms with Gasteiger partial charge in [-0.2, -0.15) is 0 Å². The van der Waals surface area contributed by atoms with Crippen LogP contribution in [0.3, 0.4) is 0 Å². The molecular formula is C13H25N3. The van der Waals surface area contributed by atoms with Crippen LogP contribution in [0.5, 0.6) is 0 Å². The number of hydrogen-bond donors (Lipinski definition) is 0. The molecule has 0 saturated carbocycles. The molecule has 1 unspecified atom stereocenters. The molecule has 0 spiro atoms. The first-order chi connectivity index (χ1) is 7.33. The maximum atomic E-state index is 3.26. The fourth-order valence-corrected chi connectivity index (χ4v) is 2.55. The Bertz CT molecular complexity index is 266. The molecule has 2 aliphatic rings. The summed E-state index contributed by atoms with van der Waals surface area (Å²) in [5, 5.41) is 0. The normalized spacial score (nSPS) is 28.0. The summed E-state index contributed by atoms with van der Waals surface area (Å²) in [6, 6.07) is 0. The van der Waals surface area contributed by atoms with Crippen molar-refractivity contribution < 1.29 is 0 Å². The molecule has 0 radical (unpaired) electrons. The monoisotopic (exact) mass is 223 g/mol. The Morgan fingerprint density at radius 1 is 1.06 bits per heavy atom. The summed E-state index contributed by atoms with van der Waals surface area (Å²) in [5.74, 6) is 6.50. The first-order valence-corrected chi connectivity index (χ1v) is 5.97. The predicted molar refractivity (Wildman–Crippen MR) is 69.0 cm³/mol. The maximum Gasteiger partial charge on any atom is 0.119 e. The minimum atomic E-state index is 0. The summed E-state index contributed by atoms with van der Waals surface area (Å²) in [4.78, 5) is 7.55. The molecule has 1 atom stereocenters. The molecule has 3 nitrogen and oxygen atoms in total. The molecule has 3 heteroatoms. The zero-order valence-corrected chi connectivity index (χ0v) is 9.87. The number of fused-ring (bicyclic) bond motifs is 1. The van der Waals surface area contributed by atoms with E-state index in [1.165, 1.54) is 13.1 Å². The van der Waals surface area contributed by atoms with Gasteiger partial charge in [0.2, 0.25) is 0 Å². The lowest BCUT2D eigenvalue weighted by Crippen LogP contribution is -2.50.